The van der Waals surface area contributed by atoms with Crippen LogP contribution >= 0.6 is 17.0 Å². The molecule has 40 heavy (non-hydrogen) atoms. The maximum atomic E-state index is 8.09. The molecule has 4 aromatic rings. The molecule has 7 rings (SSSR count). The first-order valence-corrected chi connectivity index (χ1v) is 25.1. The molecular formula is C34H30Cl4SiZr. The number of hydrogen-bond donors (Lipinski definition) is 0. The molecule has 1 heterocycles. The molecule has 6 heteroatoms. The van der Waals surface area contributed by atoms with Gasteiger partial charge in [0.15, 0.2) is 0 Å². The number of hydrogen-bond acceptors (Lipinski definition) is 0. The van der Waals surface area contributed by atoms with Gasteiger partial charge < -0.3 is 24.8 Å². The van der Waals surface area contributed by atoms with Crippen LogP contribution in [0.25, 0.3) is 34.4 Å². The van der Waals surface area contributed by atoms with Crippen LogP contribution in [0.4, 0.5) is 0 Å². The number of fused-ring (bicyclic) bond motifs is 4. The number of allylic oxidation sites excluding steroid dienone is 2. The molecule has 202 valence electrons. The topological polar surface area (TPSA) is 0 Å². The Labute approximate surface area is 262 Å². The largest absolute Gasteiger partial charge is 1.00 e. The minimum atomic E-state index is -4.06. The van der Waals surface area contributed by atoms with E-state index in [1.165, 1.54) is 55.7 Å². The molecule has 0 saturated carbocycles. The zero-order valence-electron chi connectivity index (χ0n) is 22.9. The summed E-state index contributed by atoms with van der Waals surface area (Å²) in [6, 6.07) is 35.1. The third-order valence-corrected chi connectivity index (χ3v) is 47.0. The third-order valence-electron chi connectivity index (χ3n) is 9.91. The van der Waals surface area contributed by atoms with Crippen molar-refractivity contribution in [2.75, 3.05) is 0 Å². The van der Waals surface area contributed by atoms with Crippen LogP contribution in [0.15, 0.2) is 108 Å². The summed E-state index contributed by atoms with van der Waals surface area (Å²) >= 11 is -4.06. The second-order valence-corrected chi connectivity index (χ2v) is 33.2. The van der Waals surface area contributed by atoms with E-state index in [1.807, 2.05) is 0 Å². The molecule has 0 amide bonds. The van der Waals surface area contributed by atoms with E-state index in [9.17, 15) is 0 Å². The summed E-state index contributed by atoms with van der Waals surface area (Å²) in [4.78, 5) is 0. The van der Waals surface area contributed by atoms with Gasteiger partial charge >= 0.3 is 240 Å². The maximum absolute atomic E-state index is 8.09. The van der Waals surface area contributed by atoms with E-state index in [0.717, 1.165) is 0 Å². The first-order chi connectivity index (χ1) is 18.2. The summed E-state index contributed by atoms with van der Waals surface area (Å²) < 4.78 is -0.352. The van der Waals surface area contributed by atoms with Gasteiger partial charge in [0.25, 0.3) is 0 Å². The van der Waals surface area contributed by atoms with Crippen molar-refractivity contribution < 1.29 is 42.7 Å². The average molecular weight is 700 g/mol. The van der Waals surface area contributed by atoms with Crippen LogP contribution < -0.4 is 24.8 Å². The zero-order chi connectivity index (χ0) is 26.5. The van der Waals surface area contributed by atoms with Crippen molar-refractivity contribution in [3.05, 3.63) is 130 Å². The van der Waals surface area contributed by atoms with Crippen LogP contribution in [0.5, 0.6) is 0 Å². The molecular weight excluding hydrogens is 669 g/mol. The second-order valence-electron chi connectivity index (χ2n) is 11.6. The number of benzene rings is 4. The van der Waals surface area contributed by atoms with Crippen LogP contribution in [0.1, 0.15) is 36.1 Å². The Morgan fingerprint density at radius 2 is 0.925 bits per heavy atom. The predicted octanol–water partition coefficient (Wildman–Crippen LogP) is 4.22. The molecule has 0 bridgehead atoms. The standard InChI is InChI=1S/C34H30Si.4ClH.Zr/c1-23-21-31-27(25-13-7-5-8-14-25)17-11-19-29(31)33(23)35(3,4)34-24(2)22-32-28(18-12-20-30(32)34)26-15-9-6-10-16-26;;;;;/h5-22H,1-4H3;4*1H;/q;;;;;+4/p-4. The SMILES string of the molecule is CC1=Cc2c(-c3ccccc3)cccc2[C]12[Si](C)(C)[C]1(C(C)=Cc3c(-c4ccccc4)cccc31)[Zr+2]2([Cl])[Cl].[Cl-].[Cl-]. The summed E-state index contributed by atoms with van der Waals surface area (Å²) in [7, 11) is 14.0. The Kier molecular flexibility index (Phi) is 7.61. The Morgan fingerprint density at radius 1 is 0.550 bits per heavy atom. The van der Waals surface area contributed by atoms with Gasteiger partial charge in [-0.05, 0) is 0 Å². The molecule has 4 aromatic carbocycles. The van der Waals surface area contributed by atoms with Gasteiger partial charge in [-0.15, -0.1) is 0 Å². The molecule has 1 aliphatic heterocycles. The van der Waals surface area contributed by atoms with Gasteiger partial charge in [0.05, 0.1) is 0 Å². The first kappa shape index (κ1) is 30.1. The van der Waals surface area contributed by atoms with E-state index >= 15 is 0 Å². The van der Waals surface area contributed by atoms with Crippen molar-refractivity contribution in [3.63, 3.8) is 0 Å². The molecule has 2 unspecified atom stereocenters. The predicted molar refractivity (Wildman–Crippen MR) is 164 cm³/mol. The molecule has 1 saturated heterocycles. The zero-order valence-corrected chi connectivity index (χ0v) is 29.4. The van der Waals surface area contributed by atoms with Gasteiger partial charge in [-0.3, -0.25) is 0 Å². The molecule has 0 N–H and O–H groups in total. The van der Waals surface area contributed by atoms with E-state index in [0.29, 0.717) is 0 Å². The van der Waals surface area contributed by atoms with Crippen molar-refractivity contribution in [1.82, 2.24) is 0 Å². The first-order valence-electron chi connectivity index (χ1n) is 13.3. The van der Waals surface area contributed by atoms with Crippen molar-refractivity contribution in [1.29, 1.82) is 0 Å². The van der Waals surface area contributed by atoms with Crippen LogP contribution in [-0.4, -0.2) is 8.07 Å². The summed E-state index contributed by atoms with van der Waals surface area (Å²) in [5.41, 5.74) is 13.3. The summed E-state index contributed by atoms with van der Waals surface area (Å²) in [6.07, 6.45) is 4.84. The fourth-order valence-electron chi connectivity index (χ4n) is 8.69. The van der Waals surface area contributed by atoms with Crippen molar-refractivity contribution in [3.8, 4) is 22.3 Å². The van der Waals surface area contributed by atoms with Crippen LogP contribution in [0, 0.1) is 0 Å². The Balaban J connectivity index is 0.00000161. The summed E-state index contributed by atoms with van der Waals surface area (Å²) in [6.45, 7) is 9.75. The normalized spacial score (nSPS) is 23.4. The van der Waals surface area contributed by atoms with Gasteiger partial charge in [-0.1, -0.05) is 0 Å². The Bertz CT molecular complexity index is 1550. The number of halogens is 4. The van der Waals surface area contributed by atoms with E-state index in [4.69, 9.17) is 17.0 Å². The maximum Gasteiger partial charge on any atom is -1.00 e. The molecule has 0 nitrogen and oxygen atoms in total. The van der Waals surface area contributed by atoms with Crippen molar-refractivity contribution in [2.45, 2.75) is 32.4 Å². The summed E-state index contributed by atoms with van der Waals surface area (Å²) in [5, 5.41) is 0. The van der Waals surface area contributed by atoms with Gasteiger partial charge in [0.1, 0.15) is 0 Å². The Morgan fingerprint density at radius 3 is 1.27 bits per heavy atom. The minimum absolute atomic E-state index is 0. The van der Waals surface area contributed by atoms with Gasteiger partial charge in [-0.2, -0.15) is 0 Å². The van der Waals surface area contributed by atoms with Gasteiger partial charge in [0.2, 0.25) is 0 Å². The monoisotopic (exact) mass is 696 g/mol. The fourth-order valence-corrected chi connectivity index (χ4v) is 59.0. The molecule has 2 atom stereocenters. The second kappa shape index (κ2) is 10.1. The minimum Gasteiger partial charge on any atom is -1.00 e. The third kappa shape index (κ3) is 3.30. The molecule has 2 aliphatic carbocycles. The average Bonchev–Trinajstić information content (AvgIpc) is 3.42. The fraction of sp³-hybridized carbons (Fsp3) is 0.176. The molecule has 0 aromatic heterocycles. The van der Waals surface area contributed by atoms with Crippen molar-refractivity contribution >= 4 is 37.3 Å². The van der Waals surface area contributed by atoms with Crippen molar-refractivity contribution in [2.24, 2.45) is 0 Å². The van der Waals surface area contributed by atoms with Crippen LogP contribution in [0.3, 0.4) is 0 Å². The molecule has 2 spiro atoms. The van der Waals surface area contributed by atoms with Crippen LogP contribution in [-0.2, 0) is 23.4 Å². The van der Waals surface area contributed by atoms with E-state index in [-0.39, 0.29) is 30.3 Å². The van der Waals surface area contributed by atoms with Gasteiger partial charge in [0, 0.05) is 0 Å². The molecule has 3 aliphatic rings. The number of rotatable bonds is 2. The Hall–Kier alpha value is -1.38. The molecule has 0 radical (unpaired) electrons. The van der Waals surface area contributed by atoms with E-state index < -0.39 is 26.0 Å². The van der Waals surface area contributed by atoms with Crippen LogP contribution in [0.2, 0.25) is 13.1 Å². The van der Waals surface area contributed by atoms with Gasteiger partial charge in [-0.25, -0.2) is 0 Å². The smallest absolute Gasteiger partial charge is 1.00 e. The summed E-state index contributed by atoms with van der Waals surface area (Å²) in [5.74, 6) is 0. The van der Waals surface area contributed by atoms with E-state index in [1.54, 1.807) is 0 Å². The quantitative estimate of drug-likeness (QED) is 0.276. The van der Waals surface area contributed by atoms with E-state index in [2.05, 4.69) is 136 Å². The molecule has 1 fully saturated rings.